The van der Waals surface area contributed by atoms with Gasteiger partial charge in [-0.3, -0.25) is 4.90 Å². The largest absolute Gasteiger partial charge is 0.509 e. The summed E-state index contributed by atoms with van der Waals surface area (Å²) in [6, 6.07) is 13.9. The van der Waals surface area contributed by atoms with E-state index >= 15 is 0 Å². The molecule has 3 aliphatic rings. The van der Waals surface area contributed by atoms with Crippen molar-refractivity contribution in [3.05, 3.63) is 65.5 Å². The Kier molecular flexibility index (Phi) is 5.87. The van der Waals surface area contributed by atoms with Crippen molar-refractivity contribution >= 4 is 17.9 Å². The predicted octanol–water partition coefficient (Wildman–Crippen LogP) is 4.88. The number of thioether (sulfide) groups is 1. The fraction of sp³-hybridized carbons (Fsp3) is 0.409. The molecule has 4 nitrogen and oxygen atoms in total. The first-order valence-electron chi connectivity index (χ1n) is 9.61. The number of fused-ring (bicyclic) bond motifs is 3. The summed E-state index contributed by atoms with van der Waals surface area (Å²) >= 11 is 1.63. The maximum Gasteiger partial charge on any atom is 0.509 e. The van der Waals surface area contributed by atoms with Gasteiger partial charge in [0, 0.05) is 17.0 Å². The average molecular weight is 402 g/mol. The van der Waals surface area contributed by atoms with Gasteiger partial charge in [-0.2, -0.15) is 0 Å². The van der Waals surface area contributed by atoms with Crippen LogP contribution in [0.5, 0.6) is 0 Å². The molecule has 0 aromatic heterocycles. The van der Waals surface area contributed by atoms with Crippen LogP contribution in [-0.2, 0) is 9.47 Å². The molecule has 148 valence electrons. The summed E-state index contributed by atoms with van der Waals surface area (Å²) in [5, 5.41) is 0. The van der Waals surface area contributed by atoms with Crippen LogP contribution in [0.25, 0.3) is 0 Å². The van der Waals surface area contributed by atoms with Gasteiger partial charge in [-0.1, -0.05) is 24.3 Å². The first-order chi connectivity index (χ1) is 13.6. The number of hydrogen-bond donors (Lipinski definition) is 0. The van der Waals surface area contributed by atoms with Gasteiger partial charge in [0.15, 0.2) is 6.10 Å². The van der Waals surface area contributed by atoms with Crippen LogP contribution in [0.3, 0.4) is 0 Å². The Morgan fingerprint density at radius 1 is 1.14 bits per heavy atom. The quantitative estimate of drug-likeness (QED) is 0.527. The van der Waals surface area contributed by atoms with E-state index in [2.05, 4.69) is 4.90 Å². The smallest absolute Gasteiger partial charge is 0.429 e. The van der Waals surface area contributed by atoms with Crippen molar-refractivity contribution in [1.29, 1.82) is 0 Å². The summed E-state index contributed by atoms with van der Waals surface area (Å²) in [7, 11) is 0. The molecule has 3 aliphatic heterocycles. The minimum absolute atomic E-state index is 0.123. The van der Waals surface area contributed by atoms with E-state index in [1.165, 1.54) is 12.1 Å². The normalized spacial score (nSPS) is 24.6. The fourth-order valence-corrected chi connectivity index (χ4v) is 4.48. The molecule has 0 saturated carbocycles. The van der Waals surface area contributed by atoms with Crippen LogP contribution in [0.4, 0.5) is 9.18 Å². The van der Waals surface area contributed by atoms with Gasteiger partial charge >= 0.3 is 6.16 Å². The highest BCUT2D eigenvalue weighted by atomic mass is 32.2. The van der Waals surface area contributed by atoms with Crippen molar-refractivity contribution in [1.82, 2.24) is 4.90 Å². The van der Waals surface area contributed by atoms with E-state index in [-0.39, 0.29) is 11.9 Å². The number of ether oxygens (including phenoxy) is 2. The number of rotatable bonds is 5. The lowest BCUT2D eigenvalue weighted by Gasteiger charge is -2.43. The molecule has 1 unspecified atom stereocenters. The van der Waals surface area contributed by atoms with E-state index in [0.29, 0.717) is 11.5 Å². The van der Waals surface area contributed by atoms with Gasteiger partial charge in [-0.15, -0.1) is 11.8 Å². The molecule has 2 aromatic carbocycles. The summed E-state index contributed by atoms with van der Waals surface area (Å²) in [6.07, 6.45) is 2.59. The highest BCUT2D eigenvalue weighted by Crippen LogP contribution is 2.32. The Morgan fingerprint density at radius 2 is 1.89 bits per heavy atom. The number of halogens is 1. The Hall–Kier alpha value is -2.05. The molecule has 28 heavy (non-hydrogen) atoms. The minimum Gasteiger partial charge on any atom is -0.429 e. The van der Waals surface area contributed by atoms with Crippen LogP contribution in [0.2, 0.25) is 0 Å². The zero-order valence-corrected chi connectivity index (χ0v) is 16.7. The first kappa shape index (κ1) is 19.3. The Morgan fingerprint density at radius 3 is 2.50 bits per heavy atom. The van der Waals surface area contributed by atoms with Gasteiger partial charge in [0.05, 0.1) is 0 Å². The molecule has 0 aliphatic carbocycles. The van der Waals surface area contributed by atoms with Crippen molar-refractivity contribution < 1.29 is 18.7 Å². The molecule has 3 heterocycles. The van der Waals surface area contributed by atoms with Crippen molar-refractivity contribution in [2.24, 2.45) is 5.92 Å². The molecule has 0 radical (unpaired) electrons. The van der Waals surface area contributed by atoms with Gasteiger partial charge in [0.1, 0.15) is 11.9 Å². The van der Waals surface area contributed by atoms with Gasteiger partial charge in [0.25, 0.3) is 0 Å². The van der Waals surface area contributed by atoms with Crippen molar-refractivity contribution in [3.8, 4) is 0 Å². The van der Waals surface area contributed by atoms with Crippen LogP contribution in [0, 0.1) is 11.7 Å². The molecule has 2 atom stereocenters. The molecule has 6 heteroatoms. The topological polar surface area (TPSA) is 38.8 Å². The first-order valence-corrected chi connectivity index (χ1v) is 10.8. The van der Waals surface area contributed by atoms with E-state index in [1.54, 1.807) is 23.9 Å². The highest BCUT2D eigenvalue weighted by Gasteiger charge is 2.37. The lowest BCUT2D eigenvalue weighted by atomic mass is 9.86. The monoisotopic (exact) mass is 401 g/mol. The summed E-state index contributed by atoms with van der Waals surface area (Å²) in [5.74, 6) is 0.0450. The number of nitrogens with zero attached hydrogens (tertiary/aromatic N) is 1. The second kappa shape index (κ2) is 8.53. The van der Waals surface area contributed by atoms with E-state index in [4.69, 9.17) is 9.47 Å². The number of carbonyl (C=O) groups is 1. The predicted molar refractivity (Wildman–Crippen MR) is 107 cm³/mol. The molecule has 5 rings (SSSR count). The lowest BCUT2D eigenvalue weighted by Crippen LogP contribution is -2.52. The Labute approximate surface area is 169 Å². The Bertz CT molecular complexity index is 821. The lowest BCUT2D eigenvalue weighted by molar-refractivity contribution is -0.0642. The van der Waals surface area contributed by atoms with Gasteiger partial charge in [0.2, 0.25) is 0 Å². The molecule has 3 saturated heterocycles. The summed E-state index contributed by atoms with van der Waals surface area (Å²) in [4.78, 5) is 16.0. The van der Waals surface area contributed by atoms with Gasteiger partial charge in [-0.25, -0.2) is 9.18 Å². The fourth-order valence-electron chi connectivity index (χ4n) is 4.07. The van der Waals surface area contributed by atoms with E-state index in [9.17, 15) is 9.18 Å². The molecule has 0 amide bonds. The SMILES string of the molecule is CSc1ccc(C(OC(=O)O[C@H]2CN3CCC2CC3)c2cccc(F)c2)cc1. The highest BCUT2D eigenvalue weighted by molar-refractivity contribution is 7.98. The third-order valence-corrected chi connectivity index (χ3v) is 6.37. The molecule has 3 fully saturated rings. The molecular weight excluding hydrogens is 377 g/mol. The zero-order chi connectivity index (χ0) is 19.5. The minimum atomic E-state index is -0.708. The third-order valence-electron chi connectivity index (χ3n) is 5.63. The van der Waals surface area contributed by atoms with E-state index in [0.717, 1.165) is 42.9 Å². The van der Waals surface area contributed by atoms with Crippen LogP contribution in [-0.4, -0.2) is 43.0 Å². The third kappa shape index (κ3) is 4.33. The van der Waals surface area contributed by atoms with E-state index in [1.807, 2.05) is 30.5 Å². The molecule has 2 aromatic rings. The van der Waals surface area contributed by atoms with E-state index < -0.39 is 12.3 Å². The maximum atomic E-state index is 13.8. The number of piperidine rings is 3. The number of hydrogen-bond acceptors (Lipinski definition) is 5. The molecule has 0 N–H and O–H groups in total. The summed E-state index contributed by atoms with van der Waals surface area (Å²) in [6.45, 7) is 2.92. The maximum absolute atomic E-state index is 13.8. The van der Waals surface area contributed by atoms with Crippen LogP contribution >= 0.6 is 11.8 Å². The van der Waals surface area contributed by atoms with Crippen LogP contribution in [0.15, 0.2) is 53.4 Å². The number of carbonyl (C=O) groups excluding carboxylic acids is 1. The average Bonchev–Trinajstić information content (AvgIpc) is 2.73. The van der Waals surface area contributed by atoms with Crippen molar-refractivity contribution in [3.63, 3.8) is 0 Å². The summed E-state index contributed by atoms with van der Waals surface area (Å²) < 4.78 is 25.2. The van der Waals surface area contributed by atoms with Crippen LogP contribution in [0.1, 0.15) is 30.1 Å². The van der Waals surface area contributed by atoms with Crippen molar-refractivity contribution in [2.45, 2.75) is 29.9 Å². The van der Waals surface area contributed by atoms with Gasteiger partial charge < -0.3 is 9.47 Å². The number of benzene rings is 2. The second-order valence-corrected chi connectivity index (χ2v) is 8.25. The summed E-state index contributed by atoms with van der Waals surface area (Å²) in [5.41, 5.74) is 1.37. The van der Waals surface area contributed by atoms with Crippen molar-refractivity contribution in [2.75, 3.05) is 25.9 Å². The molecular formula is C22H24FNO3S. The second-order valence-electron chi connectivity index (χ2n) is 7.37. The molecule has 2 bridgehead atoms. The zero-order valence-electron chi connectivity index (χ0n) is 15.8. The molecule has 0 spiro atoms. The Balaban J connectivity index is 1.52. The standard InChI is InChI=1S/C22H24FNO3S/c1-28-19-7-5-16(6-8-19)21(17-3-2-4-18(23)13-17)27-22(25)26-20-14-24-11-9-15(20)10-12-24/h2-8,13,15,20-21H,9-12,14H2,1H3/t20-,21?/m0/s1. The van der Waals surface area contributed by atoms with Crippen LogP contribution < -0.4 is 0 Å². The van der Waals surface area contributed by atoms with Gasteiger partial charge in [-0.05, 0) is 67.9 Å².